The third-order valence-corrected chi connectivity index (χ3v) is 7.21. The van der Waals surface area contributed by atoms with Crippen molar-refractivity contribution in [2.45, 2.75) is 24.7 Å². The smallest absolute Gasteiger partial charge is 0.247 e. The van der Waals surface area contributed by atoms with Gasteiger partial charge in [-0.1, -0.05) is 41.4 Å². The normalized spacial score (nSPS) is 22.4. The molecule has 0 aromatic heterocycles. The van der Waals surface area contributed by atoms with Crippen molar-refractivity contribution in [3.05, 3.63) is 80.7 Å². The van der Waals surface area contributed by atoms with Crippen LogP contribution in [0.4, 0.5) is 11.4 Å². The number of fused-ring (bicyclic) bond motifs is 3. The van der Waals surface area contributed by atoms with E-state index in [0.29, 0.717) is 57.5 Å². The Morgan fingerprint density at radius 3 is 2.56 bits per heavy atom. The SMILES string of the molecule is CN1C(=O)C2(C(C#N)=C(N)N(c3ccc(Cl)c(Cl)c3)C3=C2C(=O)CCC3)c2ccccc21. The molecule has 1 atom stereocenters. The molecular weight excluding hydrogens is 447 g/mol. The lowest BCUT2D eigenvalue weighted by atomic mass is 9.64. The van der Waals surface area contributed by atoms with Crippen LogP contribution in [-0.2, 0) is 15.0 Å². The summed E-state index contributed by atoms with van der Waals surface area (Å²) in [6.07, 6.45) is 1.45. The number of ketones is 1. The number of para-hydroxylation sites is 1. The molecule has 2 aliphatic heterocycles. The summed E-state index contributed by atoms with van der Waals surface area (Å²) in [5.74, 6) is -0.400. The van der Waals surface area contributed by atoms with Crippen LogP contribution in [0.5, 0.6) is 0 Å². The molecule has 6 nitrogen and oxygen atoms in total. The van der Waals surface area contributed by atoms with Gasteiger partial charge in [0.25, 0.3) is 0 Å². The first-order valence-corrected chi connectivity index (χ1v) is 10.9. The van der Waals surface area contributed by atoms with E-state index in [4.69, 9.17) is 28.9 Å². The summed E-state index contributed by atoms with van der Waals surface area (Å²) < 4.78 is 0. The van der Waals surface area contributed by atoms with Crippen molar-refractivity contribution in [2.75, 3.05) is 16.8 Å². The van der Waals surface area contributed by atoms with Gasteiger partial charge in [-0.2, -0.15) is 5.26 Å². The predicted octanol–water partition coefficient (Wildman–Crippen LogP) is 4.43. The largest absolute Gasteiger partial charge is 0.384 e. The molecule has 0 bridgehead atoms. The summed E-state index contributed by atoms with van der Waals surface area (Å²) in [5, 5.41) is 11.0. The number of Topliss-reactive ketones (excluding diaryl/α,β-unsaturated/α-hetero) is 1. The monoisotopic (exact) mass is 464 g/mol. The number of rotatable bonds is 1. The zero-order chi connectivity index (χ0) is 22.8. The Bertz CT molecular complexity index is 1320. The highest BCUT2D eigenvalue weighted by molar-refractivity contribution is 6.42. The molecule has 5 rings (SSSR count). The average molecular weight is 465 g/mol. The van der Waals surface area contributed by atoms with Crippen LogP contribution in [0.3, 0.4) is 0 Å². The van der Waals surface area contributed by atoms with Crippen molar-refractivity contribution >= 4 is 46.3 Å². The second kappa shape index (κ2) is 7.13. The van der Waals surface area contributed by atoms with Gasteiger partial charge in [-0.05, 0) is 37.1 Å². The molecule has 2 N–H and O–H groups in total. The molecule has 2 aromatic carbocycles. The van der Waals surface area contributed by atoms with Gasteiger partial charge in [-0.3, -0.25) is 14.5 Å². The molecule has 1 amide bonds. The van der Waals surface area contributed by atoms with Crippen LogP contribution < -0.4 is 15.5 Å². The van der Waals surface area contributed by atoms with Crippen LogP contribution in [0, 0.1) is 11.3 Å². The first kappa shape index (κ1) is 20.6. The highest BCUT2D eigenvalue weighted by Gasteiger charge is 2.61. The summed E-state index contributed by atoms with van der Waals surface area (Å²) in [4.78, 5) is 30.5. The van der Waals surface area contributed by atoms with E-state index in [1.165, 1.54) is 4.90 Å². The van der Waals surface area contributed by atoms with Crippen molar-refractivity contribution in [1.29, 1.82) is 5.26 Å². The van der Waals surface area contributed by atoms with Crippen LogP contribution in [0.25, 0.3) is 0 Å². The number of benzene rings is 2. The van der Waals surface area contributed by atoms with E-state index in [2.05, 4.69) is 6.07 Å². The number of likely N-dealkylation sites (N-methyl/N-ethyl adjacent to an activating group) is 1. The average Bonchev–Trinajstić information content (AvgIpc) is 2.99. The molecule has 2 aromatic rings. The highest BCUT2D eigenvalue weighted by Crippen LogP contribution is 2.56. The van der Waals surface area contributed by atoms with Gasteiger partial charge < -0.3 is 10.6 Å². The topological polar surface area (TPSA) is 90.4 Å². The Hall–Kier alpha value is -3.27. The minimum Gasteiger partial charge on any atom is -0.384 e. The van der Waals surface area contributed by atoms with Gasteiger partial charge in [0.1, 0.15) is 17.3 Å². The van der Waals surface area contributed by atoms with Crippen LogP contribution in [0.15, 0.2) is 65.1 Å². The summed E-state index contributed by atoms with van der Waals surface area (Å²) in [6.45, 7) is 0. The number of carbonyl (C=O) groups is 2. The summed E-state index contributed by atoms with van der Waals surface area (Å²) in [5.41, 5.74) is 7.88. The molecule has 1 aliphatic carbocycles. The maximum absolute atomic E-state index is 13.8. The molecule has 2 heterocycles. The number of halogens is 2. The van der Waals surface area contributed by atoms with E-state index in [0.717, 1.165) is 0 Å². The van der Waals surface area contributed by atoms with Crippen molar-refractivity contribution in [3.8, 4) is 6.07 Å². The quantitative estimate of drug-likeness (QED) is 0.673. The summed E-state index contributed by atoms with van der Waals surface area (Å²) in [6, 6.07) is 14.4. The predicted molar refractivity (Wildman–Crippen MR) is 123 cm³/mol. The fourth-order valence-corrected chi connectivity index (χ4v) is 5.45. The third kappa shape index (κ3) is 2.46. The second-order valence-corrected chi connectivity index (χ2v) is 8.85. The zero-order valence-corrected chi connectivity index (χ0v) is 18.7. The Kier molecular flexibility index (Phi) is 4.59. The van der Waals surface area contributed by atoms with Crippen LogP contribution >= 0.6 is 23.2 Å². The van der Waals surface area contributed by atoms with Gasteiger partial charge in [-0.25, -0.2) is 0 Å². The highest BCUT2D eigenvalue weighted by atomic mass is 35.5. The molecule has 0 radical (unpaired) electrons. The molecule has 0 saturated heterocycles. The fourth-order valence-electron chi connectivity index (χ4n) is 5.15. The first-order valence-electron chi connectivity index (χ1n) is 10.1. The number of amides is 1. The van der Waals surface area contributed by atoms with E-state index >= 15 is 0 Å². The summed E-state index contributed by atoms with van der Waals surface area (Å²) >= 11 is 12.4. The van der Waals surface area contributed by atoms with Gasteiger partial charge in [0.15, 0.2) is 5.78 Å². The van der Waals surface area contributed by atoms with Crippen LogP contribution in [0.2, 0.25) is 10.0 Å². The number of carbonyl (C=O) groups excluding carboxylic acids is 2. The molecular formula is C24H18Cl2N4O2. The Morgan fingerprint density at radius 2 is 1.84 bits per heavy atom. The lowest BCUT2D eigenvalue weighted by molar-refractivity contribution is -0.124. The minimum atomic E-state index is -1.55. The van der Waals surface area contributed by atoms with Gasteiger partial charge >= 0.3 is 0 Å². The van der Waals surface area contributed by atoms with Crippen molar-refractivity contribution in [1.82, 2.24) is 0 Å². The van der Waals surface area contributed by atoms with Crippen molar-refractivity contribution in [3.63, 3.8) is 0 Å². The number of allylic oxidation sites excluding steroid dienone is 1. The van der Waals surface area contributed by atoms with E-state index in [-0.39, 0.29) is 23.1 Å². The van der Waals surface area contributed by atoms with Gasteiger partial charge in [0.05, 0.1) is 15.6 Å². The lowest BCUT2D eigenvalue weighted by Gasteiger charge is -2.43. The molecule has 32 heavy (non-hydrogen) atoms. The maximum Gasteiger partial charge on any atom is 0.247 e. The van der Waals surface area contributed by atoms with Gasteiger partial charge in [0.2, 0.25) is 5.91 Å². The molecule has 160 valence electrons. The number of anilines is 2. The van der Waals surface area contributed by atoms with Crippen molar-refractivity contribution < 1.29 is 9.59 Å². The Labute approximate surface area is 195 Å². The number of nitriles is 1. The van der Waals surface area contributed by atoms with E-state index in [9.17, 15) is 14.9 Å². The molecule has 0 saturated carbocycles. The maximum atomic E-state index is 13.8. The van der Waals surface area contributed by atoms with Crippen molar-refractivity contribution in [2.24, 2.45) is 5.73 Å². The van der Waals surface area contributed by atoms with E-state index < -0.39 is 5.41 Å². The number of hydrogen-bond donors (Lipinski definition) is 1. The van der Waals surface area contributed by atoms with Gasteiger partial charge in [-0.15, -0.1) is 0 Å². The first-order chi connectivity index (χ1) is 15.3. The molecule has 3 aliphatic rings. The van der Waals surface area contributed by atoms with E-state index in [1.807, 2.05) is 12.1 Å². The van der Waals surface area contributed by atoms with Crippen LogP contribution in [0.1, 0.15) is 24.8 Å². The zero-order valence-electron chi connectivity index (χ0n) is 17.2. The third-order valence-electron chi connectivity index (χ3n) is 6.47. The standard InChI is InChI=1S/C24H18Cl2N4O2/c1-29-18-6-3-2-5-14(18)24(23(29)32)15(12-27)22(28)30(13-9-10-16(25)17(26)11-13)19-7-4-8-20(31)21(19)24/h2-3,5-6,9-11H,4,7-8,28H2,1H3. The molecule has 1 unspecified atom stereocenters. The summed E-state index contributed by atoms with van der Waals surface area (Å²) in [7, 11) is 1.65. The Morgan fingerprint density at radius 1 is 1.09 bits per heavy atom. The molecule has 1 spiro atoms. The van der Waals surface area contributed by atoms with Crippen LogP contribution in [-0.4, -0.2) is 18.7 Å². The number of nitrogens with zero attached hydrogens (tertiary/aromatic N) is 3. The van der Waals surface area contributed by atoms with Gasteiger partial charge in [0, 0.05) is 41.7 Å². The molecule has 8 heteroatoms. The molecule has 0 fully saturated rings. The van der Waals surface area contributed by atoms with E-state index in [1.54, 1.807) is 42.3 Å². The lowest BCUT2D eigenvalue weighted by Crippen LogP contribution is -2.52. The Balaban J connectivity index is 1.89. The fraction of sp³-hybridized carbons (Fsp3) is 0.208. The second-order valence-electron chi connectivity index (χ2n) is 8.04. The number of nitrogens with two attached hydrogens (primary N) is 1. The number of hydrogen-bond acceptors (Lipinski definition) is 5. The minimum absolute atomic E-state index is 0.0411.